The predicted molar refractivity (Wildman–Crippen MR) is 175 cm³/mol. The van der Waals surface area contributed by atoms with Gasteiger partial charge in [-0.2, -0.15) is 4.99 Å². The number of sulfonamides is 1. The topological polar surface area (TPSA) is 154 Å². The Kier molecular flexibility index (Phi) is 12.1. The van der Waals surface area contributed by atoms with Crippen molar-refractivity contribution in [3.8, 4) is 0 Å². The van der Waals surface area contributed by atoms with Crippen LogP contribution < -0.4 is 15.8 Å². The third-order valence-electron chi connectivity index (χ3n) is 8.63. The van der Waals surface area contributed by atoms with Crippen molar-refractivity contribution in [3.05, 3.63) is 71.8 Å². The minimum Gasteiger partial charge on any atom is -0.369 e. The van der Waals surface area contributed by atoms with Crippen LogP contribution >= 0.6 is 0 Å². The van der Waals surface area contributed by atoms with Gasteiger partial charge in [0.1, 0.15) is 12.1 Å². The van der Waals surface area contributed by atoms with Gasteiger partial charge in [-0.25, -0.2) is 13.1 Å². The highest BCUT2D eigenvalue weighted by Crippen LogP contribution is 2.21. The molecule has 0 aromatic heterocycles. The summed E-state index contributed by atoms with van der Waals surface area (Å²) in [7, 11) is -3.65. The number of aliphatic imine (C=N–C) groups is 1. The first-order chi connectivity index (χ1) is 21.5. The number of amides is 3. The van der Waals surface area contributed by atoms with Gasteiger partial charge >= 0.3 is 0 Å². The number of rotatable bonds is 12. The van der Waals surface area contributed by atoms with E-state index in [2.05, 4.69) is 15.0 Å². The maximum absolute atomic E-state index is 13.5. The lowest BCUT2D eigenvalue weighted by Gasteiger charge is -2.33. The Bertz CT molecular complexity index is 1430. The molecule has 3 atom stereocenters. The number of guanidine groups is 1. The fourth-order valence-electron chi connectivity index (χ4n) is 5.96. The van der Waals surface area contributed by atoms with Crippen LogP contribution in [-0.2, 0) is 37.2 Å². The van der Waals surface area contributed by atoms with Crippen LogP contribution in [0, 0.1) is 11.8 Å². The highest BCUT2D eigenvalue weighted by atomic mass is 32.2. The van der Waals surface area contributed by atoms with E-state index < -0.39 is 28.0 Å². The van der Waals surface area contributed by atoms with E-state index in [-0.39, 0.29) is 36.0 Å². The maximum atomic E-state index is 13.5. The van der Waals surface area contributed by atoms with Crippen LogP contribution in [0.1, 0.15) is 50.2 Å². The van der Waals surface area contributed by atoms with E-state index in [1.165, 1.54) is 10.5 Å². The number of nitrogens with one attached hydrogen (secondary N) is 2. The van der Waals surface area contributed by atoms with Crippen molar-refractivity contribution >= 4 is 33.7 Å². The largest absolute Gasteiger partial charge is 0.369 e. The Balaban J connectivity index is 1.24. The Labute approximate surface area is 266 Å². The van der Waals surface area contributed by atoms with E-state index >= 15 is 0 Å². The van der Waals surface area contributed by atoms with E-state index in [0.717, 1.165) is 31.1 Å². The highest BCUT2D eigenvalue weighted by molar-refractivity contribution is 7.88. The van der Waals surface area contributed by atoms with Crippen LogP contribution in [0.3, 0.4) is 0 Å². The summed E-state index contributed by atoms with van der Waals surface area (Å²) >= 11 is 0. The lowest BCUT2D eigenvalue weighted by molar-refractivity contribution is -0.139. The second-order valence-electron chi connectivity index (χ2n) is 12.2. The van der Waals surface area contributed by atoms with E-state index in [4.69, 9.17) is 5.73 Å². The first-order valence-electron chi connectivity index (χ1n) is 15.8. The van der Waals surface area contributed by atoms with Gasteiger partial charge in [-0.05, 0) is 62.0 Å². The van der Waals surface area contributed by atoms with Crippen LogP contribution in [0.2, 0.25) is 0 Å². The molecule has 3 amide bonds. The van der Waals surface area contributed by atoms with E-state index in [1.807, 2.05) is 72.5 Å². The van der Waals surface area contributed by atoms with Gasteiger partial charge in [0.2, 0.25) is 21.8 Å². The van der Waals surface area contributed by atoms with Crippen molar-refractivity contribution in [3.63, 3.8) is 0 Å². The van der Waals surface area contributed by atoms with Crippen LogP contribution in [0.5, 0.6) is 0 Å². The number of hydrogen-bond acceptors (Lipinski definition) is 5. The van der Waals surface area contributed by atoms with Crippen molar-refractivity contribution < 1.29 is 22.8 Å². The molecule has 4 N–H and O–H groups in total. The van der Waals surface area contributed by atoms with Gasteiger partial charge in [0.25, 0.3) is 5.91 Å². The van der Waals surface area contributed by atoms with Gasteiger partial charge in [0.05, 0.1) is 6.26 Å². The number of carbonyl (C=O) groups is 3. The van der Waals surface area contributed by atoms with Crippen molar-refractivity contribution in [1.82, 2.24) is 19.8 Å². The molecular formula is C33H46N6O5S. The fourth-order valence-corrected chi connectivity index (χ4v) is 6.67. The zero-order valence-electron chi connectivity index (χ0n) is 26.2. The first-order valence-corrected chi connectivity index (χ1v) is 17.7. The van der Waals surface area contributed by atoms with E-state index in [9.17, 15) is 22.8 Å². The van der Waals surface area contributed by atoms with Crippen LogP contribution in [0.15, 0.2) is 65.7 Å². The van der Waals surface area contributed by atoms with Gasteiger partial charge in [-0.3, -0.25) is 14.4 Å². The second-order valence-corrected chi connectivity index (χ2v) is 14.0. The van der Waals surface area contributed by atoms with Gasteiger partial charge in [-0.1, -0.05) is 67.6 Å². The smallest absolute Gasteiger partial charge is 0.251 e. The molecule has 0 saturated carbocycles. The van der Waals surface area contributed by atoms with Gasteiger partial charge in [0, 0.05) is 32.1 Å². The molecule has 0 aliphatic carbocycles. The SMILES string of the molecule is CC(CCc1ccccc1)C(=O)/N=C(/N)N1CCC(CNC(=O)[C@@H]2CCCN2C(=O)[C@@H](Cc2ccccc2)NS(C)(=O)=O)CC1. The van der Waals surface area contributed by atoms with Crippen molar-refractivity contribution in [2.45, 2.75) is 64.0 Å². The Hall–Kier alpha value is -3.77. The molecule has 4 rings (SSSR count). The fraction of sp³-hybridized carbons (Fsp3) is 0.515. The Morgan fingerprint density at radius 2 is 1.58 bits per heavy atom. The Morgan fingerprint density at radius 1 is 0.956 bits per heavy atom. The summed E-state index contributed by atoms with van der Waals surface area (Å²) in [4.78, 5) is 47.0. The minimum atomic E-state index is -3.65. The third kappa shape index (κ3) is 10.4. The summed E-state index contributed by atoms with van der Waals surface area (Å²) in [6, 6.07) is 17.6. The molecule has 2 fully saturated rings. The van der Waals surface area contributed by atoms with E-state index in [0.29, 0.717) is 45.4 Å². The highest BCUT2D eigenvalue weighted by Gasteiger charge is 2.38. The van der Waals surface area contributed by atoms with Crippen molar-refractivity contribution in [1.29, 1.82) is 0 Å². The number of nitrogens with two attached hydrogens (primary N) is 1. The van der Waals surface area contributed by atoms with Gasteiger partial charge in [-0.15, -0.1) is 0 Å². The number of benzene rings is 2. The lowest BCUT2D eigenvalue weighted by atomic mass is 9.96. The summed E-state index contributed by atoms with van der Waals surface area (Å²) < 4.78 is 26.6. The molecule has 244 valence electrons. The molecule has 1 unspecified atom stereocenters. The maximum Gasteiger partial charge on any atom is 0.251 e. The number of likely N-dealkylation sites (tertiary alicyclic amines) is 2. The molecule has 12 heteroatoms. The zero-order chi connectivity index (χ0) is 32.4. The molecule has 2 aliphatic heterocycles. The number of hydrogen-bond donors (Lipinski definition) is 3. The Morgan fingerprint density at radius 3 is 2.20 bits per heavy atom. The average molecular weight is 639 g/mol. The summed E-state index contributed by atoms with van der Waals surface area (Å²) in [5, 5.41) is 3.03. The number of nitrogens with zero attached hydrogens (tertiary/aromatic N) is 3. The number of aryl methyl sites for hydroxylation is 1. The molecule has 0 radical (unpaired) electrons. The number of piperidine rings is 1. The molecule has 11 nitrogen and oxygen atoms in total. The zero-order valence-corrected chi connectivity index (χ0v) is 27.0. The normalized spacial score (nSPS) is 19.2. The van der Waals surface area contributed by atoms with Gasteiger partial charge in [0.15, 0.2) is 5.96 Å². The predicted octanol–water partition coefficient (Wildman–Crippen LogP) is 2.08. The third-order valence-corrected chi connectivity index (χ3v) is 9.35. The molecule has 45 heavy (non-hydrogen) atoms. The summed E-state index contributed by atoms with van der Waals surface area (Å²) in [6.07, 6.45) is 5.48. The molecule has 0 bridgehead atoms. The first kappa shape index (κ1) is 34.1. The standard InChI is InChI=1S/C33H46N6O5S/c1-24(15-16-25-10-5-3-6-11-25)30(40)36-33(34)38-20-17-27(18-21-38)23-35-31(41)29-14-9-19-39(29)32(42)28(37-45(2,43)44)22-26-12-7-4-8-13-26/h3-8,10-13,24,27-29,37H,9,14-23H2,1-2H3,(H,35,41)(H2,34,36,40)/t24?,28-,29+/m1/s1. The molecule has 2 aromatic carbocycles. The van der Waals surface area contributed by atoms with Crippen LogP contribution in [0.4, 0.5) is 0 Å². The second kappa shape index (κ2) is 16.0. The van der Waals surface area contributed by atoms with Crippen LogP contribution in [-0.4, -0.2) is 86.4 Å². The van der Waals surface area contributed by atoms with Crippen molar-refractivity contribution in [2.75, 3.05) is 32.4 Å². The summed E-state index contributed by atoms with van der Waals surface area (Å²) in [5.74, 6) is -0.601. The lowest BCUT2D eigenvalue weighted by Crippen LogP contribution is -2.54. The molecule has 2 heterocycles. The van der Waals surface area contributed by atoms with Crippen molar-refractivity contribution in [2.24, 2.45) is 22.6 Å². The monoisotopic (exact) mass is 638 g/mol. The molecule has 2 aromatic rings. The van der Waals surface area contributed by atoms with E-state index in [1.54, 1.807) is 0 Å². The molecular weight excluding hydrogens is 592 g/mol. The summed E-state index contributed by atoms with van der Waals surface area (Å²) in [6.45, 7) is 4.00. The minimum absolute atomic E-state index is 0.195. The average Bonchev–Trinajstić information content (AvgIpc) is 3.52. The molecule has 2 aliphatic rings. The quantitative estimate of drug-likeness (QED) is 0.238. The number of carbonyl (C=O) groups excluding carboxylic acids is 3. The molecule has 0 spiro atoms. The molecule has 2 saturated heterocycles. The summed E-state index contributed by atoms with van der Waals surface area (Å²) in [5.41, 5.74) is 8.22. The van der Waals surface area contributed by atoms with Gasteiger partial charge < -0.3 is 20.9 Å². The van der Waals surface area contributed by atoms with Crippen LogP contribution in [0.25, 0.3) is 0 Å².